The van der Waals surface area contributed by atoms with Crippen LogP contribution in [-0.4, -0.2) is 24.2 Å². The number of fused-ring (bicyclic) bond motifs is 1. The van der Waals surface area contributed by atoms with E-state index in [0.29, 0.717) is 18.8 Å². The van der Waals surface area contributed by atoms with Crippen molar-refractivity contribution in [3.8, 4) is 5.75 Å². The van der Waals surface area contributed by atoms with E-state index in [2.05, 4.69) is 10.6 Å². The van der Waals surface area contributed by atoms with Crippen LogP contribution in [0.5, 0.6) is 5.75 Å². The van der Waals surface area contributed by atoms with E-state index in [9.17, 15) is 9.90 Å². The van der Waals surface area contributed by atoms with E-state index >= 15 is 0 Å². The standard InChI is InChI=1S/C13H19N3O2/c14-13(18)16-7-6-15-12-3-1-2-9-4-5-10(17)8-11(9)12/h4-5,8,12,15,17H,1-3,6-7H2,(H3,14,16,18). The summed E-state index contributed by atoms with van der Waals surface area (Å²) in [4.78, 5) is 10.5. The summed E-state index contributed by atoms with van der Waals surface area (Å²) in [5, 5.41) is 15.5. The van der Waals surface area contributed by atoms with Crippen LogP contribution in [0.1, 0.15) is 30.0 Å². The number of carbonyl (C=O) groups is 1. The topological polar surface area (TPSA) is 87.4 Å². The van der Waals surface area contributed by atoms with Gasteiger partial charge in [-0.15, -0.1) is 0 Å². The number of aryl methyl sites for hydroxylation is 1. The average Bonchev–Trinajstić information content (AvgIpc) is 2.34. The van der Waals surface area contributed by atoms with Gasteiger partial charge < -0.3 is 21.5 Å². The molecule has 0 saturated carbocycles. The van der Waals surface area contributed by atoms with Crippen molar-refractivity contribution in [1.29, 1.82) is 0 Å². The fourth-order valence-corrected chi connectivity index (χ4v) is 2.43. The number of hydrogen-bond acceptors (Lipinski definition) is 3. The van der Waals surface area contributed by atoms with Gasteiger partial charge in [0, 0.05) is 19.1 Å². The zero-order chi connectivity index (χ0) is 13.0. The molecular formula is C13H19N3O2. The summed E-state index contributed by atoms with van der Waals surface area (Å²) < 4.78 is 0. The molecule has 1 atom stereocenters. The summed E-state index contributed by atoms with van der Waals surface area (Å²) in [5.74, 6) is 0.303. The van der Waals surface area contributed by atoms with E-state index in [0.717, 1.165) is 19.3 Å². The normalized spacial score (nSPS) is 18.1. The Bertz CT molecular complexity index is 434. The fourth-order valence-electron chi connectivity index (χ4n) is 2.43. The van der Waals surface area contributed by atoms with E-state index in [4.69, 9.17) is 5.73 Å². The highest BCUT2D eigenvalue weighted by Gasteiger charge is 2.19. The molecule has 1 aliphatic rings. The lowest BCUT2D eigenvalue weighted by molar-refractivity contribution is 0.248. The maximum absolute atomic E-state index is 10.5. The van der Waals surface area contributed by atoms with Crippen LogP contribution < -0.4 is 16.4 Å². The molecule has 18 heavy (non-hydrogen) atoms. The SMILES string of the molecule is NC(=O)NCCNC1CCCc2ccc(O)cc21. The number of aromatic hydroxyl groups is 1. The Morgan fingerprint density at radius 1 is 1.44 bits per heavy atom. The molecule has 1 aromatic carbocycles. The molecule has 2 amide bonds. The van der Waals surface area contributed by atoms with Crippen LogP contribution in [-0.2, 0) is 6.42 Å². The first-order valence-electron chi connectivity index (χ1n) is 6.25. The fraction of sp³-hybridized carbons (Fsp3) is 0.462. The van der Waals surface area contributed by atoms with Crippen LogP contribution in [0, 0.1) is 0 Å². The Hall–Kier alpha value is -1.75. The predicted molar refractivity (Wildman–Crippen MR) is 69.4 cm³/mol. The summed E-state index contributed by atoms with van der Waals surface area (Å²) >= 11 is 0. The molecule has 2 rings (SSSR count). The highest BCUT2D eigenvalue weighted by Crippen LogP contribution is 2.31. The van der Waals surface area contributed by atoms with Gasteiger partial charge in [0.05, 0.1) is 0 Å². The number of primary amides is 1. The molecule has 0 fully saturated rings. The molecule has 5 nitrogen and oxygen atoms in total. The van der Waals surface area contributed by atoms with E-state index < -0.39 is 6.03 Å². The number of nitrogens with one attached hydrogen (secondary N) is 2. The van der Waals surface area contributed by atoms with Crippen molar-refractivity contribution in [2.24, 2.45) is 5.73 Å². The van der Waals surface area contributed by atoms with Gasteiger partial charge in [0.2, 0.25) is 0 Å². The minimum Gasteiger partial charge on any atom is -0.508 e. The maximum Gasteiger partial charge on any atom is 0.312 e. The number of benzene rings is 1. The number of phenols is 1. The Morgan fingerprint density at radius 2 is 2.28 bits per heavy atom. The highest BCUT2D eigenvalue weighted by atomic mass is 16.3. The van der Waals surface area contributed by atoms with E-state index in [1.54, 1.807) is 6.07 Å². The molecule has 0 heterocycles. The maximum atomic E-state index is 10.5. The monoisotopic (exact) mass is 249 g/mol. The van der Waals surface area contributed by atoms with Crippen molar-refractivity contribution >= 4 is 6.03 Å². The second kappa shape index (κ2) is 5.73. The van der Waals surface area contributed by atoms with Gasteiger partial charge in [-0.2, -0.15) is 0 Å². The smallest absolute Gasteiger partial charge is 0.312 e. The van der Waals surface area contributed by atoms with Gasteiger partial charge in [-0.05, 0) is 42.5 Å². The minimum absolute atomic E-state index is 0.246. The van der Waals surface area contributed by atoms with Crippen LogP contribution >= 0.6 is 0 Å². The summed E-state index contributed by atoms with van der Waals surface area (Å²) in [6.45, 7) is 1.18. The van der Waals surface area contributed by atoms with Crippen molar-refractivity contribution in [3.63, 3.8) is 0 Å². The molecule has 0 saturated heterocycles. The predicted octanol–water partition coefficient (Wildman–Crippen LogP) is 1.03. The third-order valence-corrected chi connectivity index (χ3v) is 3.26. The molecule has 0 aromatic heterocycles. The number of carbonyl (C=O) groups excluding carboxylic acids is 1. The van der Waals surface area contributed by atoms with Crippen molar-refractivity contribution in [2.45, 2.75) is 25.3 Å². The summed E-state index contributed by atoms with van der Waals surface area (Å²) in [6.07, 6.45) is 3.25. The van der Waals surface area contributed by atoms with Crippen LogP contribution in [0.15, 0.2) is 18.2 Å². The van der Waals surface area contributed by atoms with E-state index in [1.807, 2.05) is 12.1 Å². The molecule has 98 valence electrons. The van der Waals surface area contributed by atoms with Crippen molar-refractivity contribution in [3.05, 3.63) is 29.3 Å². The van der Waals surface area contributed by atoms with Crippen LogP contribution in [0.25, 0.3) is 0 Å². The number of hydrogen-bond donors (Lipinski definition) is 4. The number of rotatable bonds is 4. The van der Waals surface area contributed by atoms with Gasteiger partial charge in [-0.3, -0.25) is 0 Å². The highest BCUT2D eigenvalue weighted by molar-refractivity contribution is 5.71. The molecule has 1 unspecified atom stereocenters. The minimum atomic E-state index is -0.501. The van der Waals surface area contributed by atoms with Gasteiger partial charge in [0.25, 0.3) is 0 Å². The zero-order valence-corrected chi connectivity index (χ0v) is 10.3. The van der Waals surface area contributed by atoms with Crippen molar-refractivity contribution in [1.82, 2.24) is 10.6 Å². The second-order valence-corrected chi connectivity index (χ2v) is 4.57. The number of urea groups is 1. The first-order valence-corrected chi connectivity index (χ1v) is 6.25. The van der Waals surface area contributed by atoms with Gasteiger partial charge in [0.1, 0.15) is 5.75 Å². The lowest BCUT2D eigenvalue weighted by Crippen LogP contribution is -2.37. The number of nitrogens with two attached hydrogens (primary N) is 1. The third-order valence-electron chi connectivity index (χ3n) is 3.26. The van der Waals surface area contributed by atoms with E-state index in [-0.39, 0.29) is 6.04 Å². The van der Waals surface area contributed by atoms with Crippen LogP contribution in [0.3, 0.4) is 0 Å². The molecule has 0 spiro atoms. The zero-order valence-electron chi connectivity index (χ0n) is 10.3. The van der Waals surface area contributed by atoms with Crippen LogP contribution in [0.4, 0.5) is 4.79 Å². The van der Waals surface area contributed by atoms with Gasteiger partial charge in [-0.1, -0.05) is 6.07 Å². The van der Waals surface area contributed by atoms with Gasteiger partial charge in [0.15, 0.2) is 0 Å². The average molecular weight is 249 g/mol. The van der Waals surface area contributed by atoms with Crippen LogP contribution in [0.2, 0.25) is 0 Å². The van der Waals surface area contributed by atoms with Crippen molar-refractivity contribution < 1.29 is 9.90 Å². The number of phenolic OH excluding ortho intramolecular Hbond substituents is 1. The van der Waals surface area contributed by atoms with Crippen molar-refractivity contribution in [2.75, 3.05) is 13.1 Å². The summed E-state index contributed by atoms with van der Waals surface area (Å²) in [5.41, 5.74) is 7.46. The molecule has 5 heteroatoms. The Kier molecular flexibility index (Phi) is 4.04. The second-order valence-electron chi connectivity index (χ2n) is 4.57. The van der Waals surface area contributed by atoms with E-state index in [1.165, 1.54) is 11.1 Å². The van der Waals surface area contributed by atoms with Gasteiger partial charge in [-0.25, -0.2) is 4.79 Å². The molecule has 1 aliphatic carbocycles. The molecule has 0 aliphatic heterocycles. The quantitative estimate of drug-likeness (QED) is 0.601. The first kappa shape index (κ1) is 12.7. The molecule has 0 bridgehead atoms. The Morgan fingerprint density at radius 3 is 3.06 bits per heavy atom. The molecular weight excluding hydrogens is 230 g/mol. The van der Waals surface area contributed by atoms with Gasteiger partial charge >= 0.3 is 6.03 Å². The first-order chi connectivity index (χ1) is 8.66. The lowest BCUT2D eigenvalue weighted by atomic mass is 9.87. The largest absolute Gasteiger partial charge is 0.508 e. The Labute approximate surface area is 106 Å². The molecule has 5 N–H and O–H groups in total. The summed E-state index contributed by atoms with van der Waals surface area (Å²) in [6, 6.07) is 5.29. The third kappa shape index (κ3) is 3.13. The molecule has 1 aromatic rings. The summed E-state index contributed by atoms with van der Waals surface area (Å²) in [7, 11) is 0. The molecule has 0 radical (unpaired) electrons. The number of amides is 2. The lowest BCUT2D eigenvalue weighted by Gasteiger charge is -2.26. The Balaban J connectivity index is 1.95.